The van der Waals surface area contributed by atoms with Crippen LogP contribution in [0.15, 0.2) is 48.5 Å². The van der Waals surface area contributed by atoms with Gasteiger partial charge < -0.3 is 9.84 Å². The van der Waals surface area contributed by atoms with Gasteiger partial charge in [0.25, 0.3) is 0 Å². The van der Waals surface area contributed by atoms with Crippen LogP contribution in [0, 0.1) is 0 Å². The molecule has 0 amide bonds. The van der Waals surface area contributed by atoms with E-state index < -0.39 is 5.97 Å². The lowest BCUT2D eigenvalue weighted by Crippen LogP contribution is -1.95. The third kappa shape index (κ3) is 3.54. The molecule has 2 N–H and O–H groups in total. The molecule has 19 heavy (non-hydrogen) atoms. The highest BCUT2D eigenvalue weighted by Crippen LogP contribution is 2.22. The number of hydrogen-bond donors (Lipinski definition) is 2. The lowest BCUT2D eigenvalue weighted by Gasteiger charge is -2.06. The summed E-state index contributed by atoms with van der Waals surface area (Å²) in [5.41, 5.74) is 1.03. The largest absolute Gasteiger partial charge is 0.478 e. The standard InChI is InChI=1S/C14H12O5/c15-14(16)11-3-7-13(8-4-11)19-12-5-1-10(2-6-12)9-18-17/h1-8,17H,9H2,(H,15,16). The molecule has 0 aliphatic heterocycles. The first-order valence-corrected chi connectivity index (χ1v) is 5.55. The molecule has 0 saturated carbocycles. The summed E-state index contributed by atoms with van der Waals surface area (Å²) in [6.07, 6.45) is 0. The minimum atomic E-state index is -0.972. The first-order chi connectivity index (χ1) is 9.19. The first-order valence-electron chi connectivity index (χ1n) is 5.55. The zero-order valence-electron chi connectivity index (χ0n) is 9.95. The predicted octanol–water partition coefficient (Wildman–Crippen LogP) is 3.17. The third-order valence-electron chi connectivity index (χ3n) is 2.49. The van der Waals surface area contributed by atoms with Gasteiger partial charge in [0.2, 0.25) is 0 Å². The van der Waals surface area contributed by atoms with Crippen molar-refractivity contribution in [1.29, 1.82) is 0 Å². The fourth-order valence-electron chi connectivity index (χ4n) is 1.53. The number of aromatic carboxylic acids is 1. The van der Waals surface area contributed by atoms with Crippen molar-refractivity contribution in [2.24, 2.45) is 0 Å². The van der Waals surface area contributed by atoms with Gasteiger partial charge >= 0.3 is 5.97 Å². The molecule has 0 aromatic heterocycles. The van der Waals surface area contributed by atoms with Crippen molar-refractivity contribution in [3.8, 4) is 11.5 Å². The molecule has 0 spiro atoms. The molecule has 2 aromatic rings. The normalized spacial score (nSPS) is 10.2. The maximum absolute atomic E-state index is 10.7. The number of carboxylic acids is 1. The van der Waals surface area contributed by atoms with Crippen LogP contribution in [-0.4, -0.2) is 16.3 Å². The Bertz CT molecular complexity index is 545. The van der Waals surface area contributed by atoms with Gasteiger partial charge in [0.15, 0.2) is 0 Å². The summed E-state index contributed by atoms with van der Waals surface area (Å²) in [5, 5.41) is 17.1. The van der Waals surface area contributed by atoms with E-state index in [4.69, 9.17) is 15.1 Å². The van der Waals surface area contributed by atoms with Crippen molar-refractivity contribution in [3.05, 3.63) is 59.7 Å². The minimum Gasteiger partial charge on any atom is -0.478 e. The molecule has 2 rings (SSSR count). The number of rotatable bonds is 5. The molecule has 0 saturated heterocycles. The smallest absolute Gasteiger partial charge is 0.335 e. The number of carboxylic acid groups (broad SMARTS) is 1. The SMILES string of the molecule is O=C(O)c1ccc(Oc2ccc(COO)cc2)cc1. The lowest BCUT2D eigenvalue weighted by atomic mass is 10.2. The summed E-state index contributed by atoms with van der Waals surface area (Å²) in [6.45, 7) is 0.119. The van der Waals surface area contributed by atoms with Crippen LogP contribution in [0.25, 0.3) is 0 Å². The molecule has 5 nitrogen and oxygen atoms in total. The van der Waals surface area contributed by atoms with Gasteiger partial charge in [-0.3, -0.25) is 5.26 Å². The Morgan fingerprint density at radius 3 is 1.95 bits per heavy atom. The quantitative estimate of drug-likeness (QED) is 0.638. The van der Waals surface area contributed by atoms with Gasteiger partial charge in [-0.25, -0.2) is 9.68 Å². The van der Waals surface area contributed by atoms with E-state index in [1.165, 1.54) is 12.1 Å². The average molecular weight is 260 g/mol. The maximum Gasteiger partial charge on any atom is 0.335 e. The molecule has 0 fully saturated rings. The van der Waals surface area contributed by atoms with Crippen molar-refractivity contribution in [2.45, 2.75) is 6.61 Å². The Labute approximate surface area is 109 Å². The lowest BCUT2D eigenvalue weighted by molar-refractivity contribution is -0.253. The van der Waals surface area contributed by atoms with Gasteiger partial charge in [-0.15, -0.1) is 0 Å². The summed E-state index contributed by atoms with van der Waals surface area (Å²) in [6, 6.07) is 13.1. The van der Waals surface area contributed by atoms with Crippen LogP contribution in [0.5, 0.6) is 11.5 Å². The van der Waals surface area contributed by atoms with Crippen molar-refractivity contribution in [1.82, 2.24) is 0 Å². The molecule has 98 valence electrons. The number of ether oxygens (including phenoxy) is 1. The Hall–Kier alpha value is -2.37. The van der Waals surface area contributed by atoms with E-state index in [1.807, 2.05) is 0 Å². The molecule has 0 unspecified atom stereocenters. The van der Waals surface area contributed by atoms with Crippen LogP contribution in [0.4, 0.5) is 0 Å². The van der Waals surface area contributed by atoms with Crippen molar-refractivity contribution in [3.63, 3.8) is 0 Å². The van der Waals surface area contributed by atoms with Crippen LogP contribution < -0.4 is 4.74 Å². The maximum atomic E-state index is 10.7. The third-order valence-corrected chi connectivity index (χ3v) is 2.49. The van der Waals surface area contributed by atoms with Crippen LogP contribution in [0.2, 0.25) is 0 Å². The molecule has 0 heterocycles. The van der Waals surface area contributed by atoms with Crippen LogP contribution in [0.1, 0.15) is 15.9 Å². The second kappa shape index (κ2) is 5.99. The molecular weight excluding hydrogens is 248 g/mol. The second-order valence-corrected chi connectivity index (χ2v) is 3.85. The molecule has 0 atom stereocenters. The molecular formula is C14H12O5. The molecule has 0 radical (unpaired) electrons. The molecule has 5 heteroatoms. The Morgan fingerprint density at radius 1 is 0.947 bits per heavy atom. The van der Waals surface area contributed by atoms with E-state index in [9.17, 15) is 4.79 Å². The minimum absolute atomic E-state index is 0.119. The van der Waals surface area contributed by atoms with E-state index >= 15 is 0 Å². The molecule has 0 aliphatic rings. The van der Waals surface area contributed by atoms with Gasteiger partial charge in [-0.05, 0) is 42.0 Å². The highest BCUT2D eigenvalue weighted by Gasteiger charge is 2.03. The number of benzene rings is 2. The van der Waals surface area contributed by atoms with Crippen molar-refractivity contribution < 1.29 is 24.8 Å². The van der Waals surface area contributed by atoms with Crippen LogP contribution in [0.3, 0.4) is 0 Å². The zero-order valence-corrected chi connectivity index (χ0v) is 9.95. The summed E-state index contributed by atoms with van der Waals surface area (Å²) in [4.78, 5) is 14.7. The second-order valence-electron chi connectivity index (χ2n) is 3.85. The summed E-state index contributed by atoms with van der Waals surface area (Å²) < 4.78 is 5.55. The Balaban J connectivity index is 2.06. The van der Waals surface area contributed by atoms with E-state index in [1.54, 1.807) is 36.4 Å². The van der Waals surface area contributed by atoms with E-state index in [0.29, 0.717) is 11.5 Å². The van der Waals surface area contributed by atoms with Crippen LogP contribution in [-0.2, 0) is 11.5 Å². The summed E-state index contributed by atoms with van der Waals surface area (Å²) in [5.74, 6) is 0.195. The fraction of sp³-hybridized carbons (Fsp3) is 0.0714. The van der Waals surface area contributed by atoms with E-state index in [2.05, 4.69) is 4.89 Å². The molecule has 2 aromatic carbocycles. The van der Waals surface area contributed by atoms with Gasteiger partial charge in [-0.1, -0.05) is 12.1 Å². The summed E-state index contributed by atoms with van der Waals surface area (Å²) in [7, 11) is 0. The monoisotopic (exact) mass is 260 g/mol. The van der Waals surface area contributed by atoms with E-state index in [-0.39, 0.29) is 12.2 Å². The first kappa shape index (κ1) is 13.1. The van der Waals surface area contributed by atoms with Crippen LogP contribution >= 0.6 is 0 Å². The van der Waals surface area contributed by atoms with Gasteiger partial charge in [-0.2, -0.15) is 0 Å². The van der Waals surface area contributed by atoms with Crippen molar-refractivity contribution >= 4 is 5.97 Å². The van der Waals surface area contributed by atoms with E-state index in [0.717, 1.165) is 5.56 Å². The number of carbonyl (C=O) groups is 1. The fourth-order valence-corrected chi connectivity index (χ4v) is 1.53. The van der Waals surface area contributed by atoms with Gasteiger partial charge in [0, 0.05) is 0 Å². The Morgan fingerprint density at radius 2 is 1.47 bits per heavy atom. The highest BCUT2D eigenvalue weighted by molar-refractivity contribution is 5.87. The summed E-state index contributed by atoms with van der Waals surface area (Å²) >= 11 is 0. The van der Waals surface area contributed by atoms with Gasteiger partial charge in [0.05, 0.1) is 5.56 Å². The zero-order chi connectivity index (χ0) is 13.7. The molecule has 0 aliphatic carbocycles. The topological polar surface area (TPSA) is 76.0 Å². The average Bonchev–Trinajstić information content (AvgIpc) is 2.42. The predicted molar refractivity (Wildman–Crippen MR) is 67.3 cm³/mol. The van der Waals surface area contributed by atoms with Crippen molar-refractivity contribution in [2.75, 3.05) is 0 Å². The van der Waals surface area contributed by atoms with Gasteiger partial charge in [0.1, 0.15) is 18.1 Å². The Kier molecular flexibility index (Phi) is 4.12. The number of hydrogen-bond acceptors (Lipinski definition) is 4. The molecule has 0 bridgehead atoms. The highest BCUT2D eigenvalue weighted by atomic mass is 17.1.